The molecular weight excluding hydrogens is 282 g/mol. The Hall–Kier alpha value is -1.30. The van der Waals surface area contributed by atoms with E-state index in [-0.39, 0.29) is 6.10 Å². The highest BCUT2D eigenvalue weighted by molar-refractivity contribution is 5.42. The van der Waals surface area contributed by atoms with E-state index in [0.717, 1.165) is 43.0 Å². The SMILES string of the molecule is CCC[C@@H](O)CN(CCOC)Cc1ccc(OC)c(OC)c1. The minimum atomic E-state index is -0.304. The Morgan fingerprint density at radius 3 is 2.45 bits per heavy atom. The maximum atomic E-state index is 10.1. The molecule has 22 heavy (non-hydrogen) atoms. The molecule has 0 heterocycles. The van der Waals surface area contributed by atoms with Gasteiger partial charge in [0.1, 0.15) is 0 Å². The molecule has 0 aliphatic heterocycles. The molecule has 1 rings (SSSR count). The van der Waals surface area contributed by atoms with Gasteiger partial charge in [0.15, 0.2) is 11.5 Å². The van der Waals surface area contributed by atoms with E-state index in [4.69, 9.17) is 14.2 Å². The van der Waals surface area contributed by atoms with Gasteiger partial charge in [-0.1, -0.05) is 19.4 Å². The first-order valence-electron chi connectivity index (χ1n) is 7.74. The predicted molar refractivity (Wildman–Crippen MR) is 87.6 cm³/mol. The molecule has 0 bridgehead atoms. The second-order valence-corrected chi connectivity index (χ2v) is 5.36. The molecule has 5 nitrogen and oxygen atoms in total. The van der Waals surface area contributed by atoms with Crippen molar-refractivity contribution in [2.24, 2.45) is 0 Å². The van der Waals surface area contributed by atoms with Gasteiger partial charge in [0.2, 0.25) is 0 Å². The first kappa shape index (κ1) is 18.7. The topological polar surface area (TPSA) is 51.2 Å². The second-order valence-electron chi connectivity index (χ2n) is 5.36. The number of benzene rings is 1. The third-order valence-electron chi connectivity index (χ3n) is 3.56. The van der Waals surface area contributed by atoms with E-state index in [1.165, 1.54) is 0 Å². The Labute approximate surface area is 133 Å². The lowest BCUT2D eigenvalue weighted by Crippen LogP contribution is -2.34. The molecule has 1 aromatic rings. The number of rotatable bonds is 11. The van der Waals surface area contributed by atoms with Crippen LogP contribution in [0.15, 0.2) is 18.2 Å². The molecule has 0 amide bonds. The van der Waals surface area contributed by atoms with E-state index in [1.54, 1.807) is 21.3 Å². The Morgan fingerprint density at radius 1 is 1.14 bits per heavy atom. The fourth-order valence-electron chi connectivity index (χ4n) is 2.42. The van der Waals surface area contributed by atoms with Crippen molar-refractivity contribution in [2.45, 2.75) is 32.4 Å². The van der Waals surface area contributed by atoms with Gasteiger partial charge < -0.3 is 19.3 Å². The number of aliphatic hydroxyl groups is 1. The van der Waals surface area contributed by atoms with Gasteiger partial charge in [-0.05, 0) is 24.1 Å². The zero-order chi connectivity index (χ0) is 16.4. The van der Waals surface area contributed by atoms with E-state index in [0.29, 0.717) is 13.2 Å². The van der Waals surface area contributed by atoms with Crippen LogP contribution in [0.1, 0.15) is 25.3 Å². The average Bonchev–Trinajstić information content (AvgIpc) is 2.52. The van der Waals surface area contributed by atoms with Crippen molar-refractivity contribution in [3.05, 3.63) is 23.8 Å². The third-order valence-corrected chi connectivity index (χ3v) is 3.56. The third kappa shape index (κ3) is 6.22. The largest absolute Gasteiger partial charge is 0.493 e. The Morgan fingerprint density at radius 2 is 1.86 bits per heavy atom. The molecule has 1 N–H and O–H groups in total. The molecule has 0 aromatic heterocycles. The second kappa shape index (κ2) is 10.4. The van der Waals surface area contributed by atoms with Crippen LogP contribution in [0.2, 0.25) is 0 Å². The van der Waals surface area contributed by atoms with Crippen molar-refractivity contribution < 1.29 is 19.3 Å². The van der Waals surface area contributed by atoms with Crippen LogP contribution in [-0.2, 0) is 11.3 Å². The number of hydrogen-bond acceptors (Lipinski definition) is 5. The van der Waals surface area contributed by atoms with Crippen LogP contribution in [0.5, 0.6) is 11.5 Å². The highest BCUT2D eigenvalue weighted by Gasteiger charge is 2.13. The van der Waals surface area contributed by atoms with E-state index in [1.807, 2.05) is 18.2 Å². The van der Waals surface area contributed by atoms with Gasteiger partial charge in [0, 0.05) is 26.7 Å². The van der Waals surface area contributed by atoms with Crippen molar-refractivity contribution in [2.75, 3.05) is 41.0 Å². The summed E-state index contributed by atoms with van der Waals surface area (Å²) in [6, 6.07) is 5.91. The van der Waals surface area contributed by atoms with Crippen LogP contribution in [0, 0.1) is 0 Å². The van der Waals surface area contributed by atoms with Crippen molar-refractivity contribution >= 4 is 0 Å². The van der Waals surface area contributed by atoms with Gasteiger partial charge in [-0.25, -0.2) is 0 Å². The zero-order valence-corrected chi connectivity index (χ0v) is 14.2. The summed E-state index contributed by atoms with van der Waals surface area (Å²) >= 11 is 0. The van der Waals surface area contributed by atoms with Crippen molar-refractivity contribution in [3.63, 3.8) is 0 Å². The summed E-state index contributed by atoms with van der Waals surface area (Å²) < 4.78 is 15.8. The molecule has 0 aliphatic rings. The molecule has 126 valence electrons. The molecule has 0 radical (unpaired) electrons. The molecule has 1 atom stereocenters. The average molecular weight is 311 g/mol. The van der Waals surface area contributed by atoms with Gasteiger partial charge in [-0.2, -0.15) is 0 Å². The van der Waals surface area contributed by atoms with Crippen molar-refractivity contribution in [1.82, 2.24) is 4.90 Å². The van der Waals surface area contributed by atoms with Gasteiger partial charge in [0.05, 0.1) is 26.9 Å². The summed E-state index contributed by atoms with van der Waals surface area (Å²) in [6.45, 7) is 4.89. The molecule has 0 saturated carbocycles. The summed E-state index contributed by atoms with van der Waals surface area (Å²) in [7, 11) is 4.95. The molecule has 0 unspecified atom stereocenters. The standard InChI is InChI=1S/C17H29NO4/c1-5-6-15(19)13-18(9-10-20-2)12-14-7-8-16(21-3)17(11-14)22-4/h7-8,11,15,19H,5-6,9-10,12-13H2,1-4H3/t15-/m1/s1. The zero-order valence-electron chi connectivity index (χ0n) is 14.2. The molecule has 5 heteroatoms. The van der Waals surface area contributed by atoms with E-state index in [2.05, 4.69) is 11.8 Å². The summed E-state index contributed by atoms with van der Waals surface area (Å²) in [5, 5.41) is 10.1. The molecule has 0 saturated heterocycles. The number of methoxy groups -OCH3 is 3. The van der Waals surface area contributed by atoms with E-state index < -0.39 is 0 Å². The van der Waals surface area contributed by atoms with E-state index in [9.17, 15) is 5.11 Å². The smallest absolute Gasteiger partial charge is 0.161 e. The molecule has 0 fully saturated rings. The first-order chi connectivity index (χ1) is 10.6. The lowest BCUT2D eigenvalue weighted by atomic mass is 10.1. The fourth-order valence-corrected chi connectivity index (χ4v) is 2.42. The van der Waals surface area contributed by atoms with E-state index >= 15 is 0 Å². The predicted octanol–water partition coefficient (Wildman–Crippen LogP) is 2.31. The molecular formula is C17H29NO4. The van der Waals surface area contributed by atoms with Crippen LogP contribution in [0.3, 0.4) is 0 Å². The Balaban J connectivity index is 2.75. The van der Waals surface area contributed by atoms with Gasteiger partial charge in [0.25, 0.3) is 0 Å². The maximum absolute atomic E-state index is 10.1. The number of hydrogen-bond donors (Lipinski definition) is 1. The summed E-state index contributed by atoms with van der Waals surface area (Å²) in [6.07, 6.45) is 1.49. The molecule has 0 aliphatic carbocycles. The monoisotopic (exact) mass is 311 g/mol. The van der Waals surface area contributed by atoms with Crippen LogP contribution >= 0.6 is 0 Å². The van der Waals surface area contributed by atoms with Crippen LogP contribution in [0.4, 0.5) is 0 Å². The number of aliphatic hydroxyl groups excluding tert-OH is 1. The van der Waals surface area contributed by atoms with Crippen LogP contribution in [-0.4, -0.2) is 57.1 Å². The van der Waals surface area contributed by atoms with Crippen molar-refractivity contribution in [3.8, 4) is 11.5 Å². The van der Waals surface area contributed by atoms with Crippen LogP contribution in [0.25, 0.3) is 0 Å². The minimum Gasteiger partial charge on any atom is -0.493 e. The normalized spacial score (nSPS) is 12.5. The van der Waals surface area contributed by atoms with Gasteiger partial charge >= 0.3 is 0 Å². The lowest BCUT2D eigenvalue weighted by Gasteiger charge is -2.25. The minimum absolute atomic E-state index is 0.304. The van der Waals surface area contributed by atoms with Gasteiger partial charge in [-0.3, -0.25) is 4.90 Å². The summed E-state index contributed by atoms with van der Waals surface area (Å²) in [5.41, 5.74) is 1.12. The quantitative estimate of drug-likeness (QED) is 0.679. The highest BCUT2D eigenvalue weighted by atomic mass is 16.5. The van der Waals surface area contributed by atoms with Crippen molar-refractivity contribution in [1.29, 1.82) is 0 Å². The maximum Gasteiger partial charge on any atom is 0.161 e. The summed E-state index contributed by atoms with van der Waals surface area (Å²) in [4.78, 5) is 2.20. The first-order valence-corrected chi connectivity index (χ1v) is 7.74. The Kier molecular flexibility index (Phi) is 8.89. The van der Waals surface area contributed by atoms with Gasteiger partial charge in [-0.15, -0.1) is 0 Å². The fraction of sp³-hybridized carbons (Fsp3) is 0.647. The lowest BCUT2D eigenvalue weighted by molar-refractivity contribution is 0.0799. The Bertz CT molecular complexity index is 425. The number of nitrogens with zero attached hydrogens (tertiary/aromatic N) is 1. The summed E-state index contributed by atoms with van der Waals surface area (Å²) in [5.74, 6) is 1.45. The highest BCUT2D eigenvalue weighted by Crippen LogP contribution is 2.28. The van der Waals surface area contributed by atoms with Crippen LogP contribution < -0.4 is 9.47 Å². The number of ether oxygens (including phenoxy) is 3. The molecule has 0 spiro atoms. The molecule has 1 aromatic carbocycles.